The Labute approximate surface area is 95.6 Å². The van der Waals surface area contributed by atoms with Gasteiger partial charge in [0.1, 0.15) is 5.75 Å². The molecule has 82 valence electrons. The van der Waals surface area contributed by atoms with Crippen LogP contribution in [-0.2, 0) is 0 Å². The average Bonchev–Trinajstić information content (AvgIpc) is 2.16. The fraction of sp³-hybridized carbons (Fsp3) is 0.364. The Balaban J connectivity index is 2.52. The maximum absolute atomic E-state index is 5.52. The largest absolute Gasteiger partial charge is 0.491 e. The van der Waals surface area contributed by atoms with E-state index in [4.69, 9.17) is 22.7 Å². The zero-order valence-corrected chi connectivity index (χ0v) is 9.80. The van der Waals surface area contributed by atoms with Crippen molar-refractivity contribution in [1.82, 2.24) is 0 Å². The smallest absolute Gasteiger partial charge is 0.119 e. The van der Waals surface area contributed by atoms with E-state index in [2.05, 4.69) is 5.32 Å². The summed E-state index contributed by atoms with van der Waals surface area (Å²) in [5.41, 5.74) is 6.37. The lowest BCUT2D eigenvalue weighted by atomic mass is 10.3. The van der Waals surface area contributed by atoms with Crippen LogP contribution in [0.3, 0.4) is 0 Å². The molecule has 1 rings (SSSR count). The summed E-state index contributed by atoms with van der Waals surface area (Å²) in [7, 11) is 0. The SMILES string of the molecule is CC(C)Oc1ccc(NCC(N)=S)cc1. The molecule has 4 heteroatoms. The highest BCUT2D eigenvalue weighted by atomic mass is 32.1. The van der Waals surface area contributed by atoms with Gasteiger partial charge in [0, 0.05) is 5.69 Å². The van der Waals surface area contributed by atoms with Crippen LogP contribution in [0.15, 0.2) is 24.3 Å². The van der Waals surface area contributed by atoms with Crippen LogP contribution in [0.5, 0.6) is 5.75 Å². The van der Waals surface area contributed by atoms with Crippen LogP contribution < -0.4 is 15.8 Å². The van der Waals surface area contributed by atoms with Crippen molar-refractivity contribution in [2.45, 2.75) is 20.0 Å². The van der Waals surface area contributed by atoms with Crippen molar-refractivity contribution in [2.24, 2.45) is 5.73 Å². The van der Waals surface area contributed by atoms with Gasteiger partial charge in [0.05, 0.1) is 17.6 Å². The van der Waals surface area contributed by atoms with Gasteiger partial charge in [0.25, 0.3) is 0 Å². The summed E-state index contributed by atoms with van der Waals surface area (Å²) in [5, 5.41) is 3.10. The molecule has 0 radical (unpaired) electrons. The molecule has 0 heterocycles. The maximum atomic E-state index is 5.52. The van der Waals surface area contributed by atoms with Gasteiger partial charge >= 0.3 is 0 Å². The van der Waals surface area contributed by atoms with E-state index in [1.54, 1.807) is 0 Å². The molecule has 15 heavy (non-hydrogen) atoms. The number of thiocarbonyl (C=S) groups is 1. The first kappa shape index (κ1) is 11.8. The minimum absolute atomic E-state index is 0.195. The van der Waals surface area contributed by atoms with Gasteiger partial charge in [-0.2, -0.15) is 0 Å². The zero-order chi connectivity index (χ0) is 11.3. The molecule has 0 spiro atoms. The summed E-state index contributed by atoms with van der Waals surface area (Å²) in [6.07, 6.45) is 0.195. The normalized spacial score (nSPS) is 10.1. The molecular formula is C11H16N2OS. The first-order valence-electron chi connectivity index (χ1n) is 4.87. The van der Waals surface area contributed by atoms with Gasteiger partial charge in [-0.25, -0.2) is 0 Å². The number of hydrogen-bond acceptors (Lipinski definition) is 3. The number of benzene rings is 1. The monoisotopic (exact) mass is 224 g/mol. The van der Waals surface area contributed by atoms with E-state index < -0.39 is 0 Å². The molecule has 3 nitrogen and oxygen atoms in total. The summed E-state index contributed by atoms with van der Waals surface area (Å²) in [5.74, 6) is 0.867. The van der Waals surface area contributed by atoms with E-state index in [1.165, 1.54) is 0 Å². The molecule has 0 unspecified atom stereocenters. The number of anilines is 1. The van der Waals surface area contributed by atoms with E-state index in [0.29, 0.717) is 11.5 Å². The van der Waals surface area contributed by atoms with E-state index in [-0.39, 0.29) is 6.10 Å². The summed E-state index contributed by atoms with van der Waals surface area (Å²) in [6.45, 7) is 4.51. The molecule has 0 saturated carbocycles. The van der Waals surface area contributed by atoms with Crippen LogP contribution in [0.2, 0.25) is 0 Å². The second-order valence-electron chi connectivity index (χ2n) is 3.51. The molecular weight excluding hydrogens is 208 g/mol. The van der Waals surface area contributed by atoms with Crippen molar-refractivity contribution < 1.29 is 4.74 Å². The Morgan fingerprint density at radius 2 is 2.00 bits per heavy atom. The number of hydrogen-bond donors (Lipinski definition) is 2. The summed E-state index contributed by atoms with van der Waals surface area (Å²) < 4.78 is 5.52. The molecule has 0 saturated heterocycles. The minimum atomic E-state index is 0.195. The molecule has 1 aromatic carbocycles. The molecule has 0 fully saturated rings. The van der Waals surface area contributed by atoms with Crippen molar-refractivity contribution in [3.63, 3.8) is 0 Å². The molecule has 0 atom stereocenters. The third-order valence-corrected chi connectivity index (χ3v) is 1.84. The van der Waals surface area contributed by atoms with Crippen LogP contribution in [0.1, 0.15) is 13.8 Å². The zero-order valence-electron chi connectivity index (χ0n) is 8.99. The van der Waals surface area contributed by atoms with Crippen LogP contribution in [0, 0.1) is 0 Å². The third-order valence-electron chi connectivity index (χ3n) is 1.69. The van der Waals surface area contributed by atoms with Crippen molar-refractivity contribution in [3.05, 3.63) is 24.3 Å². The van der Waals surface area contributed by atoms with Crippen LogP contribution >= 0.6 is 12.2 Å². The second-order valence-corrected chi connectivity index (χ2v) is 4.04. The second kappa shape index (κ2) is 5.56. The quantitative estimate of drug-likeness (QED) is 0.753. The van der Waals surface area contributed by atoms with Crippen LogP contribution in [0.4, 0.5) is 5.69 Å². The van der Waals surface area contributed by atoms with Crippen molar-refractivity contribution in [2.75, 3.05) is 11.9 Å². The Bertz CT molecular complexity index is 322. The minimum Gasteiger partial charge on any atom is -0.491 e. The predicted molar refractivity (Wildman–Crippen MR) is 67.5 cm³/mol. The van der Waals surface area contributed by atoms with Gasteiger partial charge in [0.15, 0.2) is 0 Å². The van der Waals surface area contributed by atoms with E-state index >= 15 is 0 Å². The van der Waals surface area contributed by atoms with E-state index in [9.17, 15) is 0 Å². The van der Waals surface area contributed by atoms with Gasteiger partial charge in [-0.05, 0) is 38.1 Å². The highest BCUT2D eigenvalue weighted by Gasteiger charge is 1.97. The van der Waals surface area contributed by atoms with Gasteiger partial charge in [0.2, 0.25) is 0 Å². The Kier molecular flexibility index (Phi) is 4.37. The Hall–Kier alpha value is -1.29. The lowest BCUT2D eigenvalue weighted by Crippen LogP contribution is -2.19. The first-order chi connectivity index (χ1) is 7.08. The number of rotatable bonds is 5. The summed E-state index contributed by atoms with van der Waals surface area (Å²) >= 11 is 4.77. The molecule has 0 aliphatic heterocycles. The van der Waals surface area contributed by atoms with Crippen molar-refractivity contribution in [1.29, 1.82) is 0 Å². The number of nitrogens with one attached hydrogen (secondary N) is 1. The molecule has 0 amide bonds. The maximum Gasteiger partial charge on any atom is 0.119 e. The van der Waals surface area contributed by atoms with E-state index in [1.807, 2.05) is 38.1 Å². The lowest BCUT2D eigenvalue weighted by molar-refractivity contribution is 0.242. The highest BCUT2D eigenvalue weighted by Crippen LogP contribution is 2.16. The topological polar surface area (TPSA) is 47.3 Å². The predicted octanol–water partition coefficient (Wildman–Crippen LogP) is 2.17. The fourth-order valence-electron chi connectivity index (χ4n) is 1.11. The standard InChI is InChI=1S/C11H16N2OS/c1-8(2)14-10-5-3-9(4-6-10)13-7-11(12)15/h3-6,8,13H,7H2,1-2H3,(H2,12,15). The number of nitrogens with two attached hydrogens (primary N) is 1. The fourth-order valence-corrected chi connectivity index (χ4v) is 1.18. The van der Waals surface area contributed by atoms with Crippen molar-refractivity contribution >= 4 is 22.9 Å². The van der Waals surface area contributed by atoms with Crippen LogP contribution in [-0.4, -0.2) is 17.6 Å². The molecule has 1 aromatic rings. The molecule has 0 aliphatic rings. The van der Waals surface area contributed by atoms with E-state index in [0.717, 1.165) is 11.4 Å². The third kappa shape index (κ3) is 4.65. The van der Waals surface area contributed by atoms with Gasteiger partial charge in [-0.15, -0.1) is 0 Å². The average molecular weight is 224 g/mol. The van der Waals surface area contributed by atoms with Gasteiger partial charge in [-0.1, -0.05) is 12.2 Å². The number of ether oxygens (including phenoxy) is 1. The van der Waals surface area contributed by atoms with Gasteiger partial charge in [-0.3, -0.25) is 0 Å². The Morgan fingerprint density at radius 1 is 1.40 bits per heavy atom. The lowest BCUT2D eigenvalue weighted by Gasteiger charge is -2.10. The molecule has 0 aromatic heterocycles. The highest BCUT2D eigenvalue weighted by molar-refractivity contribution is 7.80. The van der Waals surface area contributed by atoms with Gasteiger partial charge < -0.3 is 15.8 Å². The molecule has 0 bridgehead atoms. The molecule has 3 N–H and O–H groups in total. The molecule has 0 aliphatic carbocycles. The van der Waals surface area contributed by atoms with Crippen LogP contribution in [0.25, 0.3) is 0 Å². The van der Waals surface area contributed by atoms with Crippen molar-refractivity contribution in [3.8, 4) is 5.75 Å². The Morgan fingerprint density at radius 3 is 2.47 bits per heavy atom. The summed E-state index contributed by atoms with van der Waals surface area (Å²) in [4.78, 5) is 0.456. The summed E-state index contributed by atoms with van der Waals surface area (Å²) in [6, 6.07) is 7.72. The first-order valence-corrected chi connectivity index (χ1v) is 5.27.